The average molecular weight is 188 g/mol. The van der Waals surface area contributed by atoms with Gasteiger partial charge in [-0.2, -0.15) is 5.10 Å². The highest BCUT2D eigenvalue weighted by Gasteiger charge is 2.19. The van der Waals surface area contributed by atoms with Gasteiger partial charge in [0.15, 0.2) is 0 Å². The summed E-state index contributed by atoms with van der Waals surface area (Å²) in [5, 5.41) is 7.77. The molecule has 4 nitrogen and oxygen atoms in total. The van der Waals surface area contributed by atoms with Crippen LogP contribution in [-0.2, 0) is 0 Å². The van der Waals surface area contributed by atoms with Crippen LogP contribution in [0.15, 0.2) is 24.8 Å². The van der Waals surface area contributed by atoms with E-state index in [4.69, 9.17) is 0 Å². The number of fused-ring (bicyclic) bond motifs is 1. The maximum Gasteiger partial charge on any atom is 0.0892 e. The second-order valence-corrected chi connectivity index (χ2v) is 3.65. The van der Waals surface area contributed by atoms with Crippen LogP contribution in [0.2, 0.25) is 0 Å². The molecule has 0 spiro atoms. The van der Waals surface area contributed by atoms with Gasteiger partial charge >= 0.3 is 0 Å². The molecule has 0 bridgehead atoms. The lowest BCUT2D eigenvalue weighted by Gasteiger charge is -2.07. The van der Waals surface area contributed by atoms with Crippen molar-refractivity contribution in [1.29, 1.82) is 0 Å². The normalized spacial score (nSPS) is 21.9. The van der Waals surface area contributed by atoms with Crippen LogP contribution in [-0.4, -0.2) is 21.1 Å². The van der Waals surface area contributed by atoms with Crippen molar-refractivity contribution < 1.29 is 0 Å². The summed E-state index contributed by atoms with van der Waals surface area (Å²) in [6.07, 6.45) is 9.92. The van der Waals surface area contributed by atoms with E-state index in [-0.39, 0.29) is 0 Å². The minimum Gasteiger partial charge on any atom is -0.310 e. The largest absolute Gasteiger partial charge is 0.310 e. The van der Waals surface area contributed by atoms with Gasteiger partial charge in [0, 0.05) is 24.0 Å². The van der Waals surface area contributed by atoms with Crippen molar-refractivity contribution in [3.8, 4) is 0 Å². The van der Waals surface area contributed by atoms with E-state index in [1.54, 1.807) is 6.20 Å². The first-order chi connectivity index (χ1) is 6.95. The molecule has 2 aromatic heterocycles. The molecule has 1 atom stereocenters. The third-order valence-electron chi connectivity index (χ3n) is 2.79. The Morgan fingerprint density at radius 3 is 3.29 bits per heavy atom. The van der Waals surface area contributed by atoms with Crippen molar-refractivity contribution in [2.45, 2.75) is 18.9 Å². The molecular formula is C10H12N4. The van der Waals surface area contributed by atoms with Crippen LogP contribution in [0.1, 0.15) is 24.4 Å². The first-order valence-electron chi connectivity index (χ1n) is 4.96. The molecule has 0 aromatic carbocycles. The fourth-order valence-corrected chi connectivity index (χ4v) is 2.07. The molecule has 1 aliphatic rings. The predicted octanol–water partition coefficient (Wildman–Crippen LogP) is 1.15. The zero-order chi connectivity index (χ0) is 9.38. The molecule has 3 rings (SSSR count). The molecular weight excluding hydrogens is 176 g/mol. The highest BCUT2D eigenvalue weighted by Crippen LogP contribution is 2.25. The lowest BCUT2D eigenvalue weighted by Crippen LogP contribution is -2.12. The molecule has 0 radical (unpaired) electrons. The molecule has 14 heavy (non-hydrogen) atoms. The van der Waals surface area contributed by atoms with Gasteiger partial charge in [0.25, 0.3) is 0 Å². The minimum absolute atomic E-state index is 0.469. The minimum atomic E-state index is 0.469. The number of hydrogen-bond donors (Lipinski definition) is 1. The quantitative estimate of drug-likeness (QED) is 0.730. The maximum absolute atomic E-state index is 4.30. The lowest BCUT2D eigenvalue weighted by molar-refractivity contribution is 0.652. The number of nitrogens with one attached hydrogen (secondary N) is 1. The Bertz CT molecular complexity index is 442. The zero-order valence-corrected chi connectivity index (χ0v) is 7.85. The van der Waals surface area contributed by atoms with Gasteiger partial charge < -0.3 is 5.32 Å². The molecule has 1 N–H and O–H groups in total. The Balaban J connectivity index is 2.11. The van der Waals surface area contributed by atoms with Crippen LogP contribution in [0.25, 0.3) is 5.52 Å². The third-order valence-corrected chi connectivity index (χ3v) is 2.79. The van der Waals surface area contributed by atoms with E-state index >= 15 is 0 Å². The van der Waals surface area contributed by atoms with Crippen LogP contribution in [0.3, 0.4) is 0 Å². The standard InChI is InChI=1S/C10H12N4/c1-2-9(12-3-1)8-6-13-14-5-4-11-7-10(8)14/h4-7,9,12H,1-3H2. The van der Waals surface area contributed by atoms with Crippen LogP contribution < -0.4 is 5.32 Å². The van der Waals surface area contributed by atoms with Crippen molar-refractivity contribution >= 4 is 5.52 Å². The van der Waals surface area contributed by atoms with Gasteiger partial charge in [-0.1, -0.05) is 0 Å². The van der Waals surface area contributed by atoms with Crippen molar-refractivity contribution in [1.82, 2.24) is 19.9 Å². The Kier molecular flexibility index (Phi) is 1.73. The Morgan fingerprint density at radius 1 is 1.43 bits per heavy atom. The van der Waals surface area contributed by atoms with E-state index in [0.29, 0.717) is 6.04 Å². The molecule has 1 unspecified atom stereocenters. The summed E-state index contributed by atoms with van der Waals surface area (Å²) < 4.78 is 1.88. The SMILES string of the molecule is c1cn2ncc(C3CCCN3)c2cn1. The van der Waals surface area contributed by atoms with E-state index in [2.05, 4.69) is 15.4 Å². The fraction of sp³-hybridized carbons (Fsp3) is 0.400. The second-order valence-electron chi connectivity index (χ2n) is 3.65. The monoisotopic (exact) mass is 188 g/mol. The summed E-state index contributed by atoms with van der Waals surface area (Å²) in [5.74, 6) is 0. The Morgan fingerprint density at radius 2 is 2.43 bits per heavy atom. The van der Waals surface area contributed by atoms with Gasteiger partial charge in [-0.25, -0.2) is 4.52 Å². The van der Waals surface area contributed by atoms with Gasteiger partial charge in [-0.15, -0.1) is 0 Å². The molecule has 72 valence electrons. The molecule has 1 saturated heterocycles. The summed E-state index contributed by atoms with van der Waals surface area (Å²) in [6, 6.07) is 0.469. The molecule has 1 fully saturated rings. The number of nitrogens with zero attached hydrogens (tertiary/aromatic N) is 3. The van der Waals surface area contributed by atoms with Crippen LogP contribution in [0, 0.1) is 0 Å². The lowest BCUT2D eigenvalue weighted by atomic mass is 10.1. The van der Waals surface area contributed by atoms with Crippen LogP contribution in [0.4, 0.5) is 0 Å². The summed E-state index contributed by atoms with van der Waals surface area (Å²) in [4.78, 5) is 4.13. The van der Waals surface area contributed by atoms with Gasteiger partial charge in [0.05, 0.1) is 17.9 Å². The van der Waals surface area contributed by atoms with E-state index in [0.717, 1.165) is 12.1 Å². The van der Waals surface area contributed by atoms with Gasteiger partial charge in [-0.05, 0) is 19.4 Å². The van der Waals surface area contributed by atoms with Crippen LogP contribution in [0.5, 0.6) is 0 Å². The van der Waals surface area contributed by atoms with Gasteiger partial charge in [-0.3, -0.25) is 4.98 Å². The van der Waals surface area contributed by atoms with Crippen molar-refractivity contribution in [2.75, 3.05) is 6.54 Å². The van der Waals surface area contributed by atoms with Crippen molar-refractivity contribution in [2.24, 2.45) is 0 Å². The molecule has 0 amide bonds. The van der Waals surface area contributed by atoms with Crippen molar-refractivity contribution in [3.05, 3.63) is 30.4 Å². The number of rotatable bonds is 1. The average Bonchev–Trinajstić information content (AvgIpc) is 2.85. The van der Waals surface area contributed by atoms with Gasteiger partial charge in [0.2, 0.25) is 0 Å². The summed E-state index contributed by atoms with van der Waals surface area (Å²) >= 11 is 0. The molecule has 0 saturated carbocycles. The second kappa shape index (κ2) is 3.06. The topological polar surface area (TPSA) is 42.2 Å². The van der Waals surface area contributed by atoms with E-state index in [1.807, 2.05) is 23.1 Å². The van der Waals surface area contributed by atoms with Crippen LogP contribution >= 0.6 is 0 Å². The summed E-state index contributed by atoms with van der Waals surface area (Å²) in [6.45, 7) is 1.11. The Hall–Kier alpha value is -1.42. The molecule has 2 aromatic rings. The highest BCUT2D eigenvalue weighted by molar-refractivity contribution is 5.53. The van der Waals surface area contributed by atoms with Gasteiger partial charge in [0.1, 0.15) is 0 Å². The zero-order valence-electron chi connectivity index (χ0n) is 7.85. The van der Waals surface area contributed by atoms with E-state index in [1.165, 1.54) is 18.4 Å². The first-order valence-corrected chi connectivity index (χ1v) is 4.96. The smallest absolute Gasteiger partial charge is 0.0892 e. The summed E-state index contributed by atoms with van der Waals surface area (Å²) in [5.41, 5.74) is 2.39. The Labute approximate surface area is 82.0 Å². The molecule has 0 aliphatic carbocycles. The first kappa shape index (κ1) is 7.94. The fourth-order valence-electron chi connectivity index (χ4n) is 2.07. The summed E-state index contributed by atoms with van der Waals surface area (Å²) in [7, 11) is 0. The molecule has 1 aliphatic heterocycles. The maximum atomic E-state index is 4.30. The highest BCUT2D eigenvalue weighted by atomic mass is 15.2. The van der Waals surface area contributed by atoms with E-state index in [9.17, 15) is 0 Å². The third kappa shape index (κ3) is 1.11. The number of hydrogen-bond acceptors (Lipinski definition) is 3. The number of aromatic nitrogens is 3. The van der Waals surface area contributed by atoms with Crippen molar-refractivity contribution in [3.63, 3.8) is 0 Å². The predicted molar refractivity (Wildman–Crippen MR) is 53.0 cm³/mol. The molecule has 4 heteroatoms. The molecule has 3 heterocycles. The van der Waals surface area contributed by atoms with E-state index < -0.39 is 0 Å².